The monoisotopic (exact) mass is 477 g/mol. The molecule has 10 heteroatoms. The molecule has 2 aliphatic heterocycles. The van der Waals surface area contributed by atoms with E-state index in [4.69, 9.17) is 0 Å². The number of likely N-dealkylation sites (tertiary alicyclic amines) is 2. The minimum absolute atomic E-state index is 0.0710. The molecule has 2 atom stereocenters. The highest BCUT2D eigenvalue weighted by Crippen LogP contribution is 2.32. The Kier molecular flexibility index (Phi) is 6.55. The van der Waals surface area contributed by atoms with Crippen LogP contribution in [-0.2, 0) is 19.6 Å². The molecule has 1 aromatic carbocycles. The summed E-state index contributed by atoms with van der Waals surface area (Å²) in [6.07, 6.45) is 3.39. The molecule has 3 heterocycles. The lowest BCUT2D eigenvalue weighted by Crippen LogP contribution is -2.51. The molecule has 4 rings (SSSR count). The lowest BCUT2D eigenvalue weighted by molar-refractivity contribution is -0.143. The van der Waals surface area contributed by atoms with Crippen molar-refractivity contribution in [2.24, 2.45) is 0 Å². The van der Waals surface area contributed by atoms with Crippen molar-refractivity contribution in [3.8, 4) is 16.2 Å². The number of amides is 2. The van der Waals surface area contributed by atoms with E-state index in [0.29, 0.717) is 26.1 Å². The summed E-state index contributed by atoms with van der Waals surface area (Å²) in [6, 6.07) is 8.24. The summed E-state index contributed by atoms with van der Waals surface area (Å²) in [5.74, 6) is -0.294. The molecule has 0 radical (unpaired) electrons. The first kappa shape index (κ1) is 22.8. The van der Waals surface area contributed by atoms with Gasteiger partial charge in [-0.25, -0.2) is 8.42 Å². The Morgan fingerprint density at radius 1 is 1.09 bits per heavy atom. The molecule has 0 saturated carbocycles. The van der Waals surface area contributed by atoms with Crippen molar-refractivity contribution in [2.75, 3.05) is 19.6 Å². The molecule has 1 unspecified atom stereocenters. The third-order valence-electron chi connectivity index (χ3n) is 6.03. The lowest BCUT2D eigenvalue weighted by Gasteiger charge is -2.32. The Labute approximate surface area is 191 Å². The van der Waals surface area contributed by atoms with Gasteiger partial charge in [0.15, 0.2) is 0 Å². The molecule has 1 aromatic heterocycles. The number of nitrogens with zero attached hydrogens (tertiary/aromatic N) is 2. The first-order valence-electron chi connectivity index (χ1n) is 10.8. The van der Waals surface area contributed by atoms with Crippen LogP contribution in [0.15, 0.2) is 40.6 Å². The van der Waals surface area contributed by atoms with Gasteiger partial charge in [0.2, 0.25) is 11.8 Å². The number of carbonyl (C=O) groups is 2. The standard InChI is InChI=1S/C22H27N3O5S2/c1-15(21(27)24-12-3-2-4-13-24)25-14-11-18(22(25)28)23-32(29,30)20-10-9-19(31-20)16-5-7-17(26)8-6-16/h5-10,15,18,23,26H,2-4,11-14H2,1H3/t15-,18?/m0/s1. The van der Waals surface area contributed by atoms with Gasteiger partial charge in [0.05, 0.1) is 0 Å². The third kappa shape index (κ3) is 4.67. The van der Waals surface area contributed by atoms with E-state index in [0.717, 1.165) is 41.0 Å². The molecule has 8 nitrogen and oxygen atoms in total. The molecule has 32 heavy (non-hydrogen) atoms. The van der Waals surface area contributed by atoms with Crippen LogP contribution in [0.3, 0.4) is 0 Å². The number of rotatable bonds is 6. The largest absolute Gasteiger partial charge is 0.508 e. The summed E-state index contributed by atoms with van der Waals surface area (Å²) in [7, 11) is -3.89. The molecular weight excluding hydrogens is 450 g/mol. The highest BCUT2D eigenvalue weighted by atomic mass is 32.2. The number of phenols is 1. The zero-order valence-corrected chi connectivity index (χ0v) is 19.5. The van der Waals surface area contributed by atoms with Crippen LogP contribution in [0.5, 0.6) is 5.75 Å². The smallest absolute Gasteiger partial charge is 0.250 e. The minimum Gasteiger partial charge on any atom is -0.508 e. The van der Waals surface area contributed by atoms with Gasteiger partial charge in [-0.15, -0.1) is 11.3 Å². The summed E-state index contributed by atoms with van der Waals surface area (Å²) in [5, 5.41) is 9.43. The van der Waals surface area contributed by atoms with Crippen LogP contribution < -0.4 is 4.72 Å². The predicted octanol–water partition coefficient (Wildman–Crippen LogP) is 2.40. The second-order valence-corrected chi connectivity index (χ2v) is 11.2. The molecule has 2 N–H and O–H groups in total. The van der Waals surface area contributed by atoms with Gasteiger partial charge in [0.1, 0.15) is 22.0 Å². The van der Waals surface area contributed by atoms with E-state index in [1.165, 1.54) is 11.0 Å². The zero-order valence-electron chi connectivity index (χ0n) is 17.9. The van der Waals surface area contributed by atoms with E-state index < -0.39 is 22.1 Å². The van der Waals surface area contributed by atoms with Gasteiger partial charge in [0, 0.05) is 24.5 Å². The maximum Gasteiger partial charge on any atom is 0.250 e. The second kappa shape index (κ2) is 9.21. The molecular formula is C22H27N3O5S2. The Bertz CT molecular complexity index is 1090. The van der Waals surface area contributed by atoms with Crippen molar-refractivity contribution in [1.82, 2.24) is 14.5 Å². The maximum absolute atomic E-state index is 12.9. The van der Waals surface area contributed by atoms with Gasteiger partial charge in [-0.2, -0.15) is 4.72 Å². The summed E-state index contributed by atoms with van der Waals surface area (Å²) in [6.45, 7) is 3.48. The highest BCUT2D eigenvalue weighted by Gasteiger charge is 2.40. The average molecular weight is 478 g/mol. The average Bonchev–Trinajstić information content (AvgIpc) is 3.42. The van der Waals surface area contributed by atoms with Gasteiger partial charge < -0.3 is 14.9 Å². The molecule has 2 fully saturated rings. The first-order chi connectivity index (χ1) is 15.3. The molecule has 2 amide bonds. The van der Waals surface area contributed by atoms with Gasteiger partial charge in [-0.3, -0.25) is 9.59 Å². The number of benzene rings is 1. The van der Waals surface area contributed by atoms with E-state index in [-0.39, 0.29) is 21.8 Å². The van der Waals surface area contributed by atoms with Crippen LogP contribution in [0.4, 0.5) is 0 Å². The summed E-state index contributed by atoms with van der Waals surface area (Å²) >= 11 is 1.10. The normalized spacial score (nSPS) is 20.5. The molecule has 172 valence electrons. The van der Waals surface area contributed by atoms with Crippen LogP contribution in [0.1, 0.15) is 32.6 Å². The van der Waals surface area contributed by atoms with E-state index in [1.807, 2.05) is 0 Å². The Balaban J connectivity index is 1.42. The Morgan fingerprint density at radius 3 is 2.47 bits per heavy atom. The quantitative estimate of drug-likeness (QED) is 0.664. The maximum atomic E-state index is 12.9. The highest BCUT2D eigenvalue weighted by molar-refractivity contribution is 7.91. The number of aromatic hydroxyl groups is 1. The third-order valence-corrected chi connectivity index (χ3v) is 9.13. The van der Waals surface area contributed by atoms with Crippen molar-refractivity contribution in [3.63, 3.8) is 0 Å². The fourth-order valence-corrected chi connectivity index (χ4v) is 6.75. The SMILES string of the molecule is C[C@@H](C(=O)N1CCCCC1)N1CCC(NS(=O)(=O)c2ccc(-c3ccc(O)cc3)s2)C1=O. The zero-order chi connectivity index (χ0) is 22.9. The number of hydrogen-bond donors (Lipinski definition) is 2. The van der Waals surface area contributed by atoms with Crippen molar-refractivity contribution in [1.29, 1.82) is 0 Å². The summed E-state index contributed by atoms with van der Waals surface area (Å²) in [5.41, 5.74) is 0.794. The number of piperidine rings is 1. The van der Waals surface area contributed by atoms with Crippen LogP contribution in [0.2, 0.25) is 0 Å². The fraction of sp³-hybridized carbons (Fsp3) is 0.455. The number of nitrogens with one attached hydrogen (secondary N) is 1. The topological polar surface area (TPSA) is 107 Å². The van der Waals surface area contributed by atoms with Crippen LogP contribution in [-0.4, -0.2) is 66.9 Å². The minimum atomic E-state index is -3.89. The van der Waals surface area contributed by atoms with E-state index in [1.54, 1.807) is 42.2 Å². The van der Waals surface area contributed by atoms with Crippen molar-refractivity contribution < 1.29 is 23.1 Å². The summed E-state index contributed by atoms with van der Waals surface area (Å²) in [4.78, 5) is 29.7. The number of phenolic OH excluding ortho intramolecular Hbond substituents is 1. The molecule has 0 aliphatic carbocycles. The molecule has 0 spiro atoms. The van der Waals surface area contributed by atoms with Crippen LogP contribution in [0, 0.1) is 0 Å². The van der Waals surface area contributed by atoms with Gasteiger partial charge in [-0.1, -0.05) is 0 Å². The number of carbonyl (C=O) groups excluding carboxylic acids is 2. The van der Waals surface area contributed by atoms with Crippen LogP contribution >= 0.6 is 11.3 Å². The molecule has 2 saturated heterocycles. The van der Waals surface area contributed by atoms with Crippen LogP contribution in [0.25, 0.3) is 10.4 Å². The number of thiophene rings is 1. The van der Waals surface area contributed by atoms with E-state index >= 15 is 0 Å². The fourth-order valence-electron chi connectivity index (χ4n) is 4.20. The first-order valence-corrected chi connectivity index (χ1v) is 13.1. The Morgan fingerprint density at radius 2 is 1.78 bits per heavy atom. The van der Waals surface area contributed by atoms with E-state index in [2.05, 4.69) is 4.72 Å². The van der Waals surface area contributed by atoms with E-state index in [9.17, 15) is 23.1 Å². The lowest BCUT2D eigenvalue weighted by atomic mass is 10.1. The summed E-state index contributed by atoms with van der Waals surface area (Å²) < 4.78 is 28.4. The molecule has 0 bridgehead atoms. The second-order valence-electron chi connectivity index (χ2n) is 8.22. The molecule has 2 aromatic rings. The van der Waals surface area contributed by atoms with Crippen molar-refractivity contribution in [3.05, 3.63) is 36.4 Å². The van der Waals surface area contributed by atoms with Gasteiger partial charge in [0.25, 0.3) is 10.0 Å². The Hall–Kier alpha value is -2.43. The number of sulfonamides is 1. The predicted molar refractivity (Wildman–Crippen MR) is 122 cm³/mol. The van der Waals surface area contributed by atoms with Gasteiger partial charge in [-0.05, 0) is 74.6 Å². The van der Waals surface area contributed by atoms with Crippen molar-refractivity contribution in [2.45, 2.75) is 48.9 Å². The van der Waals surface area contributed by atoms with Gasteiger partial charge >= 0.3 is 0 Å². The number of hydrogen-bond acceptors (Lipinski definition) is 6. The van der Waals surface area contributed by atoms with Crippen molar-refractivity contribution >= 4 is 33.2 Å². The molecule has 2 aliphatic rings.